The van der Waals surface area contributed by atoms with Gasteiger partial charge in [0.2, 0.25) is 0 Å². The van der Waals surface area contributed by atoms with Gasteiger partial charge in [-0.2, -0.15) is 5.01 Å². The molecule has 0 atom stereocenters. The van der Waals surface area contributed by atoms with E-state index in [1.54, 1.807) is 6.92 Å². The number of hydrogen-bond acceptors (Lipinski definition) is 4. The van der Waals surface area contributed by atoms with Crippen LogP contribution in [0.2, 0.25) is 0 Å². The normalized spacial score (nSPS) is 8.91. The molecule has 0 heterocycles. The number of nitrogens with zero attached hydrogens (tertiary/aromatic N) is 2. The zero-order valence-electron chi connectivity index (χ0n) is 6.12. The van der Waals surface area contributed by atoms with Crippen molar-refractivity contribution in [2.45, 2.75) is 6.92 Å². The van der Waals surface area contributed by atoms with Gasteiger partial charge < -0.3 is 4.74 Å². The van der Waals surface area contributed by atoms with Crippen molar-refractivity contribution < 1.29 is 13.9 Å². The smallest absolute Gasteiger partial charge is 0.433 e. The minimum absolute atomic E-state index is 0.136. The number of halogens is 1. The quantitative estimate of drug-likeness (QED) is 0.461. The van der Waals surface area contributed by atoms with Gasteiger partial charge >= 0.3 is 6.09 Å². The molecule has 0 bridgehead atoms. The number of rotatable bonds is 4. The van der Waals surface area contributed by atoms with E-state index in [4.69, 9.17) is 0 Å². The van der Waals surface area contributed by atoms with Crippen LogP contribution in [-0.2, 0) is 4.74 Å². The van der Waals surface area contributed by atoms with Gasteiger partial charge in [-0.25, -0.2) is 9.18 Å². The van der Waals surface area contributed by atoms with Gasteiger partial charge in [0.25, 0.3) is 0 Å². The maximum absolute atomic E-state index is 11.6. The highest BCUT2D eigenvalue weighted by atomic mass is 19.1. The van der Waals surface area contributed by atoms with Crippen LogP contribution in [0.3, 0.4) is 0 Å². The molecule has 11 heavy (non-hydrogen) atoms. The van der Waals surface area contributed by atoms with Crippen molar-refractivity contribution in [1.82, 2.24) is 5.01 Å². The number of nitroso groups, excluding NO2 is 1. The molecule has 0 aliphatic carbocycles. The highest BCUT2D eigenvalue weighted by molar-refractivity contribution is 5.66. The molecule has 0 saturated carbocycles. The summed E-state index contributed by atoms with van der Waals surface area (Å²) in [5.41, 5.74) is 0. The minimum Gasteiger partial charge on any atom is -0.448 e. The SMILES string of the molecule is CCOC(=O)N(CCF)N=O. The number of hydrogen-bond donors (Lipinski definition) is 0. The van der Waals surface area contributed by atoms with Crippen molar-refractivity contribution in [2.24, 2.45) is 5.29 Å². The number of ether oxygens (including phenoxy) is 1. The Bertz CT molecular complexity index is 142. The molecular formula is C5H9FN2O3. The van der Waals surface area contributed by atoms with Crippen molar-refractivity contribution in [3.8, 4) is 0 Å². The van der Waals surface area contributed by atoms with Gasteiger partial charge in [0.05, 0.1) is 18.4 Å². The Kier molecular flexibility index (Phi) is 4.97. The molecule has 1 amide bonds. The van der Waals surface area contributed by atoms with E-state index in [-0.39, 0.29) is 13.2 Å². The summed E-state index contributed by atoms with van der Waals surface area (Å²) in [7, 11) is 0. The monoisotopic (exact) mass is 164 g/mol. The Hall–Kier alpha value is -1.20. The van der Waals surface area contributed by atoms with Crippen LogP contribution in [0.5, 0.6) is 0 Å². The molecule has 0 radical (unpaired) electrons. The Morgan fingerprint density at radius 1 is 1.73 bits per heavy atom. The van der Waals surface area contributed by atoms with E-state index < -0.39 is 12.8 Å². The lowest BCUT2D eigenvalue weighted by molar-refractivity contribution is 0.105. The Morgan fingerprint density at radius 3 is 2.73 bits per heavy atom. The molecule has 0 fully saturated rings. The van der Waals surface area contributed by atoms with E-state index in [2.05, 4.69) is 10.0 Å². The molecule has 64 valence electrons. The summed E-state index contributed by atoms with van der Waals surface area (Å²) in [6.45, 7) is 0.542. The summed E-state index contributed by atoms with van der Waals surface area (Å²) in [6, 6.07) is 0. The molecule has 0 rings (SSSR count). The van der Waals surface area contributed by atoms with Crippen LogP contribution < -0.4 is 0 Å². The van der Waals surface area contributed by atoms with Gasteiger partial charge in [0.1, 0.15) is 6.67 Å². The molecule has 0 spiro atoms. The van der Waals surface area contributed by atoms with Gasteiger partial charge in [-0.1, -0.05) is 0 Å². The van der Waals surface area contributed by atoms with E-state index in [0.29, 0.717) is 5.01 Å². The summed E-state index contributed by atoms with van der Waals surface area (Å²) < 4.78 is 16.0. The average Bonchev–Trinajstić information content (AvgIpc) is 2.00. The number of carbonyl (C=O) groups is 1. The topological polar surface area (TPSA) is 59.0 Å². The Morgan fingerprint density at radius 2 is 2.36 bits per heavy atom. The lowest BCUT2D eigenvalue weighted by atomic mass is 10.7. The number of alkyl halides is 1. The summed E-state index contributed by atoms with van der Waals surface area (Å²) in [6.07, 6.45) is -0.917. The largest absolute Gasteiger partial charge is 0.448 e. The van der Waals surface area contributed by atoms with E-state index in [1.165, 1.54) is 0 Å². The van der Waals surface area contributed by atoms with Gasteiger partial charge in [-0.15, -0.1) is 4.91 Å². The fourth-order valence-electron chi connectivity index (χ4n) is 0.443. The third kappa shape index (κ3) is 3.49. The van der Waals surface area contributed by atoms with Crippen molar-refractivity contribution >= 4 is 6.09 Å². The van der Waals surface area contributed by atoms with Crippen LogP contribution in [0.25, 0.3) is 0 Å². The zero-order chi connectivity index (χ0) is 8.69. The van der Waals surface area contributed by atoms with Crippen molar-refractivity contribution in [3.05, 3.63) is 4.91 Å². The maximum Gasteiger partial charge on any atom is 0.433 e. The first-order valence-electron chi connectivity index (χ1n) is 3.09. The highest BCUT2D eigenvalue weighted by Crippen LogP contribution is 1.94. The first kappa shape index (κ1) is 9.80. The molecule has 0 aliphatic heterocycles. The molecule has 0 aromatic heterocycles. The van der Waals surface area contributed by atoms with Crippen LogP contribution in [0, 0.1) is 4.91 Å². The van der Waals surface area contributed by atoms with Crippen LogP contribution in [0.15, 0.2) is 5.29 Å². The fraction of sp³-hybridized carbons (Fsp3) is 0.800. The molecule has 6 heteroatoms. The Balaban J connectivity index is 3.81. The van der Waals surface area contributed by atoms with Crippen molar-refractivity contribution in [2.75, 3.05) is 19.8 Å². The van der Waals surface area contributed by atoms with Gasteiger partial charge in [-0.3, -0.25) is 0 Å². The predicted octanol–water partition coefficient (Wildman–Crippen LogP) is 1.10. The number of carbonyl (C=O) groups excluding carboxylic acids is 1. The first-order valence-corrected chi connectivity index (χ1v) is 3.09. The van der Waals surface area contributed by atoms with Gasteiger partial charge in [0, 0.05) is 0 Å². The lowest BCUT2D eigenvalue weighted by Crippen LogP contribution is -2.27. The van der Waals surface area contributed by atoms with Crippen LogP contribution in [0.4, 0.5) is 9.18 Å². The van der Waals surface area contributed by atoms with Crippen molar-refractivity contribution in [3.63, 3.8) is 0 Å². The molecule has 0 unspecified atom stereocenters. The third-order valence-electron chi connectivity index (χ3n) is 0.873. The highest BCUT2D eigenvalue weighted by Gasteiger charge is 2.13. The lowest BCUT2D eigenvalue weighted by Gasteiger charge is -2.09. The predicted molar refractivity (Wildman–Crippen MR) is 35.5 cm³/mol. The second kappa shape index (κ2) is 5.57. The van der Waals surface area contributed by atoms with Crippen LogP contribution in [-0.4, -0.2) is 30.9 Å². The van der Waals surface area contributed by atoms with Crippen LogP contribution >= 0.6 is 0 Å². The minimum atomic E-state index is -0.917. The second-order valence-corrected chi connectivity index (χ2v) is 1.59. The molecule has 0 aromatic rings. The fourth-order valence-corrected chi connectivity index (χ4v) is 0.443. The standard InChI is InChI=1S/C5H9FN2O3/c1-2-11-5(9)8(7-10)4-3-6/h2-4H2,1H3. The molecule has 0 aromatic carbocycles. The van der Waals surface area contributed by atoms with Gasteiger partial charge in [-0.05, 0) is 6.92 Å². The molecule has 0 aliphatic rings. The Labute approximate surface area is 63.1 Å². The molecule has 0 N–H and O–H groups in total. The van der Waals surface area contributed by atoms with Crippen molar-refractivity contribution in [1.29, 1.82) is 0 Å². The van der Waals surface area contributed by atoms with Crippen LogP contribution in [0.1, 0.15) is 6.92 Å². The van der Waals surface area contributed by atoms with Gasteiger partial charge in [0.15, 0.2) is 0 Å². The molecule has 0 saturated heterocycles. The maximum atomic E-state index is 11.6. The first-order chi connectivity index (χ1) is 5.26. The number of amides is 1. The van der Waals surface area contributed by atoms with E-state index in [0.717, 1.165) is 0 Å². The zero-order valence-corrected chi connectivity index (χ0v) is 6.12. The van der Waals surface area contributed by atoms with E-state index >= 15 is 0 Å². The average molecular weight is 164 g/mol. The third-order valence-corrected chi connectivity index (χ3v) is 0.873. The second-order valence-electron chi connectivity index (χ2n) is 1.59. The summed E-state index contributed by atoms with van der Waals surface area (Å²) in [5, 5.41) is 2.66. The van der Waals surface area contributed by atoms with E-state index in [1.807, 2.05) is 0 Å². The molecular weight excluding hydrogens is 155 g/mol. The summed E-state index contributed by atoms with van der Waals surface area (Å²) in [5.74, 6) is 0. The summed E-state index contributed by atoms with van der Waals surface area (Å²) in [4.78, 5) is 20.4. The summed E-state index contributed by atoms with van der Waals surface area (Å²) >= 11 is 0. The van der Waals surface area contributed by atoms with E-state index in [9.17, 15) is 14.1 Å². The molecule has 5 nitrogen and oxygen atoms in total.